The minimum Gasteiger partial charge on any atom is -0.390 e. The molecule has 1 aliphatic heterocycles. The molecule has 4 nitrogen and oxygen atoms in total. The average molecular weight is 317 g/mol. The van der Waals surface area contributed by atoms with Crippen LogP contribution in [-0.2, 0) is 18.2 Å². The van der Waals surface area contributed by atoms with E-state index in [9.17, 15) is 5.11 Å². The number of rotatable bonds is 3. The van der Waals surface area contributed by atoms with Gasteiger partial charge in [-0.1, -0.05) is 0 Å². The van der Waals surface area contributed by atoms with Crippen LogP contribution in [0, 0.1) is 6.92 Å². The van der Waals surface area contributed by atoms with Crippen LogP contribution in [0.3, 0.4) is 0 Å². The summed E-state index contributed by atoms with van der Waals surface area (Å²) in [5.41, 5.74) is 1.56. The molecule has 0 radical (unpaired) electrons. The Bertz CT molecular complexity index is 425. The summed E-state index contributed by atoms with van der Waals surface area (Å²) < 4.78 is 8.61. The van der Waals surface area contributed by atoms with Crippen LogP contribution >= 0.6 is 15.9 Å². The Morgan fingerprint density at radius 3 is 2.78 bits per heavy atom. The van der Waals surface area contributed by atoms with Crippen LogP contribution in [0.4, 0.5) is 0 Å². The van der Waals surface area contributed by atoms with Crippen LogP contribution in [0.15, 0.2) is 4.47 Å². The van der Waals surface area contributed by atoms with Gasteiger partial charge in [-0.3, -0.25) is 4.68 Å². The monoisotopic (exact) mass is 316 g/mol. The van der Waals surface area contributed by atoms with Crippen LogP contribution in [0.5, 0.6) is 0 Å². The summed E-state index contributed by atoms with van der Waals surface area (Å²) in [6.45, 7) is 4.71. The highest BCUT2D eigenvalue weighted by Crippen LogP contribution is 2.31. The molecule has 2 heterocycles. The van der Waals surface area contributed by atoms with Gasteiger partial charge < -0.3 is 9.84 Å². The van der Waals surface area contributed by atoms with E-state index in [1.807, 2.05) is 25.6 Å². The molecule has 5 heteroatoms. The SMILES string of the molecule is Cc1nn(C)c(CC(O)C2(C)CCCCO2)c1Br. The van der Waals surface area contributed by atoms with E-state index in [1.54, 1.807) is 0 Å². The molecule has 1 N–H and O–H groups in total. The van der Waals surface area contributed by atoms with Crippen molar-refractivity contribution in [2.75, 3.05) is 6.61 Å². The average Bonchev–Trinajstić information content (AvgIpc) is 2.57. The van der Waals surface area contributed by atoms with Gasteiger partial charge >= 0.3 is 0 Å². The maximum atomic E-state index is 10.5. The van der Waals surface area contributed by atoms with E-state index in [0.717, 1.165) is 41.7 Å². The first-order valence-corrected chi connectivity index (χ1v) is 7.23. The molecule has 1 fully saturated rings. The van der Waals surface area contributed by atoms with E-state index in [4.69, 9.17) is 4.74 Å². The van der Waals surface area contributed by atoms with E-state index in [2.05, 4.69) is 21.0 Å². The van der Waals surface area contributed by atoms with E-state index >= 15 is 0 Å². The Morgan fingerprint density at radius 1 is 1.56 bits per heavy atom. The second-order valence-corrected chi connectivity index (χ2v) is 6.10. The first-order chi connectivity index (χ1) is 8.44. The molecule has 0 amide bonds. The standard InChI is InChI=1S/C13H21BrN2O2/c1-9-12(14)10(16(3)15-9)8-11(17)13(2)6-4-5-7-18-13/h11,17H,4-8H2,1-3H3. The zero-order chi connectivity index (χ0) is 13.3. The third-order valence-electron chi connectivity index (χ3n) is 3.85. The van der Waals surface area contributed by atoms with Crippen LogP contribution in [-0.4, -0.2) is 33.2 Å². The minimum absolute atomic E-state index is 0.421. The van der Waals surface area contributed by atoms with Crippen molar-refractivity contribution < 1.29 is 9.84 Å². The fourth-order valence-electron chi connectivity index (χ4n) is 2.52. The lowest BCUT2D eigenvalue weighted by molar-refractivity contribution is -0.135. The Morgan fingerprint density at radius 2 is 2.28 bits per heavy atom. The highest BCUT2D eigenvalue weighted by Gasteiger charge is 2.36. The van der Waals surface area contributed by atoms with Gasteiger partial charge in [0.2, 0.25) is 0 Å². The third kappa shape index (κ3) is 2.63. The van der Waals surface area contributed by atoms with Crippen molar-refractivity contribution in [2.45, 2.75) is 51.2 Å². The number of hydrogen-bond acceptors (Lipinski definition) is 3. The fourth-order valence-corrected chi connectivity index (χ4v) is 3.02. The molecular weight excluding hydrogens is 296 g/mol. The number of aromatic nitrogens is 2. The van der Waals surface area contributed by atoms with Crippen molar-refractivity contribution in [2.24, 2.45) is 7.05 Å². The lowest BCUT2D eigenvalue weighted by Crippen LogP contribution is -2.45. The van der Waals surface area contributed by atoms with Crippen LogP contribution in [0.25, 0.3) is 0 Å². The smallest absolute Gasteiger partial charge is 0.0916 e. The van der Waals surface area contributed by atoms with Crippen LogP contribution in [0.1, 0.15) is 37.6 Å². The van der Waals surface area contributed by atoms with Crippen molar-refractivity contribution in [3.63, 3.8) is 0 Å². The first-order valence-electron chi connectivity index (χ1n) is 6.44. The molecule has 2 unspecified atom stereocenters. The Labute approximate surface area is 116 Å². The van der Waals surface area contributed by atoms with E-state index in [1.165, 1.54) is 0 Å². The molecule has 0 aliphatic carbocycles. The lowest BCUT2D eigenvalue weighted by atomic mass is 9.88. The molecule has 18 heavy (non-hydrogen) atoms. The van der Waals surface area contributed by atoms with E-state index < -0.39 is 11.7 Å². The summed E-state index contributed by atoms with van der Waals surface area (Å²) >= 11 is 3.54. The molecule has 1 saturated heterocycles. The molecule has 1 aliphatic rings. The molecular formula is C13H21BrN2O2. The molecule has 0 spiro atoms. The number of halogens is 1. The predicted octanol–water partition coefficient (Wildman–Crippen LogP) is 2.35. The zero-order valence-corrected chi connectivity index (χ0v) is 12.8. The summed E-state index contributed by atoms with van der Waals surface area (Å²) in [4.78, 5) is 0. The van der Waals surface area contributed by atoms with Crippen molar-refractivity contribution >= 4 is 15.9 Å². The molecule has 102 valence electrons. The fraction of sp³-hybridized carbons (Fsp3) is 0.769. The maximum Gasteiger partial charge on any atom is 0.0916 e. The van der Waals surface area contributed by atoms with Gasteiger partial charge in [-0.05, 0) is 49.0 Å². The Hall–Kier alpha value is -0.390. The third-order valence-corrected chi connectivity index (χ3v) is 4.88. The van der Waals surface area contributed by atoms with Crippen molar-refractivity contribution in [3.8, 4) is 0 Å². The summed E-state index contributed by atoms with van der Waals surface area (Å²) in [5, 5.41) is 14.8. The Balaban J connectivity index is 2.13. The van der Waals surface area contributed by atoms with Gasteiger partial charge in [0.15, 0.2) is 0 Å². The number of nitrogens with zero attached hydrogens (tertiary/aromatic N) is 2. The van der Waals surface area contributed by atoms with Gasteiger partial charge in [0.05, 0.1) is 27.6 Å². The zero-order valence-electron chi connectivity index (χ0n) is 11.2. The molecule has 2 atom stereocenters. The summed E-state index contributed by atoms with van der Waals surface area (Å²) in [7, 11) is 1.91. The molecule has 1 aromatic heterocycles. The first kappa shape index (κ1) is 14.0. The second kappa shape index (κ2) is 5.31. The number of hydrogen-bond donors (Lipinski definition) is 1. The predicted molar refractivity (Wildman–Crippen MR) is 73.6 cm³/mol. The number of aliphatic hydroxyl groups is 1. The molecule has 0 bridgehead atoms. The Kier molecular flexibility index (Phi) is 4.14. The van der Waals surface area contributed by atoms with Crippen LogP contribution < -0.4 is 0 Å². The second-order valence-electron chi connectivity index (χ2n) is 5.31. The normalized spacial score (nSPS) is 26.3. The summed E-state index contributed by atoms with van der Waals surface area (Å²) in [6.07, 6.45) is 3.21. The highest BCUT2D eigenvalue weighted by molar-refractivity contribution is 9.10. The lowest BCUT2D eigenvalue weighted by Gasteiger charge is -2.38. The maximum absolute atomic E-state index is 10.5. The molecule has 1 aromatic rings. The quantitative estimate of drug-likeness (QED) is 0.931. The molecule has 0 saturated carbocycles. The summed E-state index contributed by atoms with van der Waals surface area (Å²) in [5.74, 6) is 0. The van der Waals surface area contributed by atoms with Crippen molar-refractivity contribution in [1.82, 2.24) is 9.78 Å². The van der Waals surface area contributed by atoms with Crippen LogP contribution in [0.2, 0.25) is 0 Å². The number of aliphatic hydroxyl groups excluding tert-OH is 1. The topological polar surface area (TPSA) is 47.3 Å². The van der Waals surface area contributed by atoms with Crippen molar-refractivity contribution in [3.05, 3.63) is 15.9 Å². The van der Waals surface area contributed by atoms with Gasteiger partial charge in [0.1, 0.15) is 0 Å². The van der Waals surface area contributed by atoms with E-state index in [-0.39, 0.29) is 0 Å². The minimum atomic E-state index is -0.496. The number of aryl methyl sites for hydroxylation is 2. The molecule has 0 aromatic carbocycles. The van der Waals surface area contributed by atoms with Gasteiger partial charge in [-0.15, -0.1) is 0 Å². The van der Waals surface area contributed by atoms with E-state index in [0.29, 0.717) is 6.42 Å². The number of ether oxygens (including phenoxy) is 1. The van der Waals surface area contributed by atoms with Gasteiger partial charge in [-0.2, -0.15) is 5.10 Å². The van der Waals surface area contributed by atoms with Gasteiger partial charge in [0.25, 0.3) is 0 Å². The van der Waals surface area contributed by atoms with Gasteiger partial charge in [-0.25, -0.2) is 0 Å². The highest BCUT2D eigenvalue weighted by atomic mass is 79.9. The molecule has 2 rings (SSSR count). The largest absolute Gasteiger partial charge is 0.390 e. The van der Waals surface area contributed by atoms with Crippen molar-refractivity contribution in [1.29, 1.82) is 0 Å². The van der Waals surface area contributed by atoms with Gasteiger partial charge in [0, 0.05) is 20.1 Å². The summed E-state index contributed by atoms with van der Waals surface area (Å²) in [6, 6.07) is 0.